The summed E-state index contributed by atoms with van der Waals surface area (Å²) in [7, 11) is 1.74. The van der Waals surface area contributed by atoms with E-state index in [0.29, 0.717) is 22.4 Å². The van der Waals surface area contributed by atoms with Crippen LogP contribution in [0.1, 0.15) is 22.2 Å². The Morgan fingerprint density at radius 3 is 2.43 bits per heavy atom. The summed E-state index contributed by atoms with van der Waals surface area (Å²) in [5.74, 6) is 0. The summed E-state index contributed by atoms with van der Waals surface area (Å²) in [5.41, 5.74) is 5.64. The van der Waals surface area contributed by atoms with Crippen LogP contribution in [0.5, 0.6) is 0 Å². The first-order valence-corrected chi connectivity index (χ1v) is 9.66. The van der Waals surface area contributed by atoms with Crippen molar-refractivity contribution < 1.29 is 14.5 Å². The Balaban J connectivity index is 1.91. The first-order valence-electron chi connectivity index (χ1n) is 11.7. The highest BCUT2D eigenvalue weighted by Crippen LogP contribution is 2.41. The van der Waals surface area contributed by atoms with Gasteiger partial charge < -0.3 is 4.42 Å². The maximum absolute atomic E-state index is 9.80. The lowest BCUT2D eigenvalue weighted by atomic mass is 9.96. The summed E-state index contributed by atoms with van der Waals surface area (Å²) in [6, 6.07) is 22.6. The zero-order chi connectivity index (χ0) is 24.2. The van der Waals surface area contributed by atoms with E-state index in [-0.39, 0.29) is 11.7 Å². The molecule has 30 heavy (non-hydrogen) atoms. The quantitative estimate of drug-likeness (QED) is 0.333. The van der Waals surface area contributed by atoms with Crippen molar-refractivity contribution in [2.75, 3.05) is 0 Å². The number of fused-ring (bicyclic) bond motifs is 3. The molecule has 0 amide bonds. The number of aryl methyl sites for hydroxylation is 2. The van der Waals surface area contributed by atoms with Gasteiger partial charge in [0.25, 0.3) is 0 Å². The van der Waals surface area contributed by atoms with Crippen molar-refractivity contribution in [1.82, 2.24) is 0 Å². The molecule has 0 aliphatic rings. The lowest BCUT2D eigenvalue weighted by Gasteiger charge is -2.06. The molecule has 0 unspecified atom stereocenters. The lowest BCUT2D eigenvalue weighted by molar-refractivity contribution is -0.660. The number of hydrogen-bond acceptors (Lipinski definition) is 2. The Labute approximate surface area is 181 Å². The molecule has 0 saturated carbocycles. The SMILES string of the molecule is [2H]c1cc(C([2H])([2H])[2H])cc(-c2c(C)ccc3c2oc2c(-c4ccccc4)c(C#N)ccc23)[n+]1C. The van der Waals surface area contributed by atoms with Gasteiger partial charge in [0.2, 0.25) is 5.69 Å². The highest BCUT2D eigenvalue weighted by atomic mass is 16.3. The van der Waals surface area contributed by atoms with Crippen molar-refractivity contribution in [2.45, 2.75) is 13.8 Å². The molecule has 0 aliphatic heterocycles. The topological polar surface area (TPSA) is 40.8 Å². The second-order valence-corrected chi connectivity index (χ2v) is 7.40. The molecule has 2 heterocycles. The van der Waals surface area contributed by atoms with Gasteiger partial charge in [0.1, 0.15) is 19.6 Å². The molecule has 2 aromatic heterocycles. The van der Waals surface area contributed by atoms with E-state index in [0.717, 1.165) is 33.0 Å². The molecule has 144 valence electrons. The third-order valence-corrected chi connectivity index (χ3v) is 5.52. The molecular formula is C27H21N2O+. The minimum Gasteiger partial charge on any atom is -0.454 e. The van der Waals surface area contributed by atoms with Crippen LogP contribution in [0.2, 0.25) is 0 Å². The predicted octanol–water partition coefficient (Wildman–Crippen LogP) is 6.23. The monoisotopic (exact) mass is 393 g/mol. The van der Waals surface area contributed by atoms with Gasteiger partial charge in [-0.05, 0) is 42.6 Å². The molecule has 0 N–H and O–H groups in total. The van der Waals surface area contributed by atoms with Gasteiger partial charge in [-0.25, -0.2) is 4.57 Å². The van der Waals surface area contributed by atoms with Crippen LogP contribution < -0.4 is 4.57 Å². The second kappa shape index (κ2) is 6.86. The van der Waals surface area contributed by atoms with Crippen LogP contribution in [0.3, 0.4) is 0 Å². The minimum absolute atomic E-state index is 0.0906. The van der Waals surface area contributed by atoms with Gasteiger partial charge in [0, 0.05) is 32.6 Å². The van der Waals surface area contributed by atoms with E-state index in [9.17, 15) is 5.26 Å². The molecular weight excluding hydrogens is 368 g/mol. The Morgan fingerprint density at radius 2 is 1.70 bits per heavy atom. The molecule has 0 atom stereocenters. The summed E-state index contributed by atoms with van der Waals surface area (Å²) in [4.78, 5) is 0. The van der Waals surface area contributed by atoms with Crippen LogP contribution in [0, 0.1) is 25.1 Å². The van der Waals surface area contributed by atoms with Gasteiger partial charge in [-0.1, -0.05) is 42.5 Å². The van der Waals surface area contributed by atoms with Gasteiger partial charge in [-0.15, -0.1) is 0 Å². The number of aromatic nitrogens is 1. The van der Waals surface area contributed by atoms with Gasteiger partial charge in [0.05, 0.1) is 17.2 Å². The summed E-state index contributed by atoms with van der Waals surface area (Å²) < 4.78 is 40.1. The van der Waals surface area contributed by atoms with Gasteiger partial charge in [-0.2, -0.15) is 5.26 Å². The summed E-state index contributed by atoms with van der Waals surface area (Å²) in [5, 5.41) is 11.5. The van der Waals surface area contributed by atoms with Crippen LogP contribution >= 0.6 is 0 Å². The fraction of sp³-hybridized carbons (Fsp3) is 0.111. The smallest absolute Gasteiger partial charge is 0.216 e. The highest BCUT2D eigenvalue weighted by molar-refractivity contribution is 6.13. The predicted molar refractivity (Wildman–Crippen MR) is 120 cm³/mol. The number of nitriles is 1. The molecule has 0 fully saturated rings. The zero-order valence-electron chi connectivity index (χ0n) is 20.7. The second-order valence-electron chi connectivity index (χ2n) is 7.40. The van der Waals surface area contributed by atoms with Crippen molar-refractivity contribution in [1.29, 1.82) is 5.26 Å². The van der Waals surface area contributed by atoms with Crippen LogP contribution in [0.15, 0.2) is 77.3 Å². The number of nitrogens with zero attached hydrogens (tertiary/aromatic N) is 2. The summed E-state index contributed by atoms with van der Waals surface area (Å²) in [6.45, 7) is -0.400. The molecule has 0 aliphatic carbocycles. The van der Waals surface area contributed by atoms with Crippen molar-refractivity contribution in [2.24, 2.45) is 7.05 Å². The zero-order valence-corrected chi connectivity index (χ0v) is 16.7. The van der Waals surface area contributed by atoms with Crippen LogP contribution in [-0.2, 0) is 7.05 Å². The van der Waals surface area contributed by atoms with E-state index in [1.165, 1.54) is 6.07 Å². The Kier molecular flexibility index (Phi) is 3.23. The molecule has 0 bridgehead atoms. The number of rotatable bonds is 2. The third kappa shape index (κ3) is 2.69. The van der Waals surface area contributed by atoms with Gasteiger partial charge >= 0.3 is 0 Å². The average molecular weight is 394 g/mol. The van der Waals surface area contributed by atoms with Crippen LogP contribution in [-0.4, -0.2) is 0 Å². The molecule has 5 aromatic rings. The fourth-order valence-corrected chi connectivity index (χ4v) is 4.07. The van der Waals surface area contributed by atoms with E-state index >= 15 is 0 Å². The largest absolute Gasteiger partial charge is 0.454 e. The highest BCUT2D eigenvalue weighted by Gasteiger charge is 2.23. The van der Waals surface area contributed by atoms with Crippen LogP contribution in [0.25, 0.3) is 44.3 Å². The van der Waals surface area contributed by atoms with Crippen molar-refractivity contribution in [3.8, 4) is 28.5 Å². The van der Waals surface area contributed by atoms with E-state index < -0.39 is 6.85 Å². The first-order chi connectivity index (χ1) is 16.2. The minimum atomic E-state index is -2.34. The summed E-state index contributed by atoms with van der Waals surface area (Å²) in [6.07, 6.45) is 0.0906. The van der Waals surface area contributed by atoms with Crippen molar-refractivity contribution >= 4 is 21.9 Å². The maximum atomic E-state index is 9.80. The molecule has 0 radical (unpaired) electrons. The van der Waals surface area contributed by atoms with E-state index in [2.05, 4.69) is 6.07 Å². The van der Waals surface area contributed by atoms with E-state index in [4.69, 9.17) is 9.90 Å². The Morgan fingerprint density at radius 1 is 0.967 bits per heavy atom. The van der Waals surface area contributed by atoms with Crippen LogP contribution in [0.4, 0.5) is 0 Å². The lowest BCUT2D eigenvalue weighted by Crippen LogP contribution is -2.30. The molecule has 3 aromatic carbocycles. The van der Waals surface area contributed by atoms with Gasteiger partial charge in [0.15, 0.2) is 6.17 Å². The number of hydrogen-bond donors (Lipinski definition) is 0. The fourth-order valence-electron chi connectivity index (χ4n) is 4.07. The van der Waals surface area contributed by atoms with E-state index in [1.807, 2.05) is 55.5 Å². The standard InChI is InChI=1S/C27H21N2O/c1-17-13-14-29(3)23(15-17)24-18(2)9-11-21-22-12-10-20(16-28)25(27(22)30-26(21)24)19-7-5-4-6-8-19/h4-15H,1-3H3/q+1/i1D3,14D. The number of pyridine rings is 1. The molecule has 0 spiro atoms. The molecule has 5 rings (SSSR count). The Hall–Kier alpha value is -3.90. The Bertz CT molecular complexity index is 1630. The van der Waals surface area contributed by atoms with E-state index in [1.54, 1.807) is 23.7 Å². The number of benzene rings is 3. The third-order valence-electron chi connectivity index (χ3n) is 5.52. The summed E-state index contributed by atoms with van der Waals surface area (Å²) >= 11 is 0. The van der Waals surface area contributed by atoms with Crippen molar-refractivity contribution in [3.63, 3.8) is 0 Å². The maximum Gasteiger partial charge on any atom is 0.216 e. The average Bonchev–Trinajstić information content (AvgIpc) is 3.18. The molecule has 3 nitrogen and oxygen atoms in total. The first kappa shape index (κ1) is 14.1. The molecule has 3 heteroatoms. The molecule has 0 saturated heterocycles. The normalized spacial score (nSPS) is 13.5. The van der Waals surface area contributed by atoms with Crippen molar-refractivity contribution in [3.05, 3.63) is 89.6 Å². The number of furan rings is 1. The van der Waals surface area contributed by atoms with Gasteiger partial charge in [-0.3, -0.25) is 0 Å².